The summed E-state index contributed by atoms with van der Waals surface area (Å²) < 4.78 is 40.0. The normalized spacial score (nSPS) is 23.1. The number of nitrogens with one attached hydrogen (secondary N) is 1. The van der Waals surface area contributed by atoms with E-state index in [9.17, 15) is 27.6 Å². The number of nitriles is 1. The number of hydrogen-bond acceptors (Lipinski definition) is 11. The average molecular weight is 572 g/mol. The molecule has 14 nitrogen and oxygen atoms in total. The van der Waals surface area contributed by atoms with Crippen LogP contribution in [0.1, 0.15) is 19.8 Å². The Balaban J connectivity index is 1.28. The molecule has 0 aliphatic carbocycles. The van der Waals surface area contributed by atoms with Gasteiger partial charge in [0.1, 0.15) is 24.4 Å². The lowest BCUT2D eigenvalue weighted by atomic mass is 10.1. The molecule has 0 saturated carbocycles. The summed E-state index contributed by atoms with van der Waals surface area (Å²) in [7, 11) is 1.46. The van der Waals surface area contributed by atoms with Gasteiger partial charge in [-0.1, -0.05) is 0 Å². The van der Waals surface area contributed by atoms with Crippen LogP contribution in [0.5, 0.6) is 0 Å². The van der Waals surface area contributed by atoms with E-state index in [-0.39, 0.29) is 30.6 Å². The van der Waals surface area contributed by atoms with Crippen molar-refractivity contribution in [2.75, 3.05) is 30.4 Å². The summed E-state index contributed by atoms with van der Waals surface area (Å²) in [5, 5.41) is 11.7. The highest BCUT2D eigenvalue weighted by Gasteiger charge is 2.51. The van der Waals surface area contributed by atoms with Gasteiger partial charge in [0.25, 0.3) is 5.91 Å². The number of anilines is 2. The minimum absolute atomic E-state index is 0.0241. The van der Waals surface area contributed by atoms with E-state index in [0.717, 1.165) is 9.80 Å². The Morgan fingerprint density at radius 2 is 1.98 bits per heavy atom. The summed E-state index contributed by atoms with van der Waals surface area (Å²) in [4.78, 5) is 64.0. The molecule has 2 fully saturated rings. The first-order valence-electron chi connectivity index (χ1n) is 12.6. The van der Waals surface area contributed by atoms with Gasteiger partial charge in [0, 0.05) is 32.2 Å². The fraction of sp³-hybridized carbons (Fsp3) is 0.458. The summed E-state index contributed by atoms with van der Waals surface area (Å²) in [6.45, 7) is 1.30. The highest BCUT2D eigenvalue weighted by atomic mass is 19.4. The fourth-order valence-corrected chi connectivity index (χ4v) is 5.00. The first-order valence-corrected chi connectivity index (χ1v) is 12.6. The number of hydrogen-bond donors (Lipinski definition) is 1. The number of imide groups is 1. The quantitative estimate of drug-likeness (QED) is 0.499. The second kappa shape index (κ2) is 10.6. The molecular formula is C24H24F3N11O3. The van der Waals surface area contributed by atoms with Crippen molar-refractivity contribution in [3.63, 3.8) is 0 Å². The van der Waals surface area contributed by atoms with E-state index >= 15 is 0 Å². The van der Waals surface area contributed by atoms with Gasteiger partial charge in [0.2, 0.25) is 11.9 Å². The maximum absolute atomic E-state index is 13.3. The van der Waals surface area contributed by atoms with Gasteiger partial charge >= 0.3 is 12.2 Å². The number of rotatable bonds is 6. The summed E-state index contributed by atoms with van der Waals surface area (Å²) in [6.07, 6.45) is 0.464. The number of nitrogens with zero attached hydrogens (tertiary/aromatic N) is 10. The third-order valence-corrected chi connectivity index (χ3v) is 7.15. The van der Waals surface area contributed by atoms with Crippen LogP contribution in [0.2, 0.25) is 0 Å². The molecule has 0 aromatic carbocycles. The number of halogens is 3. The highest BCUT2D eigenvalue weighted by Crippen LogP contribution is 2.34. The Hall–Kier alpha value is -4.88. The molecule has 2 aromatic heterocycles. The Morgan fingerprint density at radius 3 is 2.66 bits per heavy atom. The third-order valence-electron chi connectivity index (χ3n) is 7.15. The molecule has 3 aliphatic heterocycles. The van der Waals surface area contributed by atoms with Crippen LogP contribution in [0.25, 0.3) is 11.4 Å². The molecular weight excluding hydrogens is 547 g/mol. The van der Waals surface area contributed by atoms with Gasteiger partial charge in [-0.25, -0.2) is 34.6 Å². The van der Waals surface area contributed by atoms with Crippen molar-refractivity contribution in [1.29, 1.82) is 5.26 Å². The summed E-state index contributed by atoms with van der Waals surface area (Å²) in [5.74, 6) is -0.975. The van der Waals surface area contributed by atoms with Gasteiger partial charge in [0.15, 0.2) is 18.0 Å². The molecule has 1 N–H and O–H groups in total. The van der Waals surface area contributed by atoms with Crippen LogP contribution in [-0.4, -0.2) is 109 Å². The van der Waals surface area contributed by atoms with Crippen molar-refractivity contribution in [1.82, 2.24) is 34.6 Å². The van der Waals surface area contributed by atoms with E-state index in [1.54, 1.807) is 13.0 Å². The Morgan fingerprint density at radius 1 is 1.24 bits per heavy atom. The van der Waals surface area contributed by atoms with Crippen molar-refractivity contribution in [3.8, 4) is 17.5 Å². The van der Waals surface area contributed by atoms with Crippen LogP contribution in [0.15, 0.2) is 29.6 Å². The molecule has 0 spiro atoms. The second-order valence-corrected chi connectivity index (χ2v) is 9.64. The largest absolute Gasteiger partial charge is 0.408 e. The van der Waals surface area contributed by atoms with E-state index in [4.69, 9.17) is 5.26 Å². The Labute approximate surface area is 231 Å². The molecule has 2 unspecified atom stereocenters. The standard InChI is InChI=1S/C24H24F3N11O3/c1-13(38-12-32-19-17(38)21(40)37(9-6-28)23(41)35(19)2)20(39)34-16-5-7-29-18(33-16)14-10-30-22(31-11-14)36-8-3-4-15(36)24(25,26)27/h5,7,10-13,15,17,19H,3-4,8-9H2,1-2H3,(H,29,33,34,39)/t13-,15+,17?,19?/m0/s1. The monoisotopic (exact) mass is 571 g/mol. The zero-order chi connectivity index (χ0) is 29.5. The van der Waals surface area contributed by atoms with Crippen molar-refractivity contribution in [2.45, 2.75) is 50.2 Å². The summed E-state index contributed by atoms with van der Waals surface area (Å²) in [6, 6.07) is -0.976. The number of urea groups is 1. The van der Waals surface area contributed by atoms with Gasteiger partial charge in [-0.3, -0.25) is 9.59 Å². The van der Waals surface area contributed by atoms with Gasteiger partial charge in [-0.15, -0.1) is 0 Å². The summed E-state index contributed by atoms with van der Waals surface area (Å²) >= 11 is 0. The Bertz CT molecular complexity index is 1430. The highest BCUT2D eigenvalue weighted by molar-refractivity contribution is 6.03. The Kier molecular flexibility index (Phi) is 7.15. The minimum atomic E-state index is -4.39. The van der Waals surface area contributed by atoms with Crippen LogP contribution in [0.4, 0.5) is 29.7 Å². The lowest BCUT2D eigenvalue weighted by Crippen LogP contribution is -2.66. The van der Waals surface area contributed by atoms with Crippen LogP contribution in [0, 0.1) is 11.3 Å². The number of aliphatic imine (C=N–C) groups is 1. The van der Waals surface area contributed by atoms with Gasteiger partial charge in [-0.2, -0.15) is 18.4 Å². The van der Waals surface area contributed by atoms with Crippen molar-refractivity contribution in [3.05, 3.63) is 24.7 Å². The summed E-state index contributed by atoms with van der Waals surface area (Å²) in [5.41, 5.74) is 0.327. The fourth-order valence-electron chi connectivity index (χ4n) is 5.00. The average Bonchev–Trinajstić information content (AvgIpc) is 3.62. The number of amides is 4. The number of carbonyl (C=O) groups excluding carboxylic acids is 3. The van der Waals surface area contributed by atoms with Gasteiger partial charge in [0.05, 0.1) is 18.0 Å². The topological polar surface area (TPSA) is 164 Å². The molecule has 214 valence electrons. The van der Waals surface area contributed by atoms with E-state index in [2.05, 4.69) is 30.2 Å². The van der Waals surface area contributed by atoms with Gasteiger partial charge in [-0.05, 0) is 25.8 Å². The van der Waals surface area contributed by atoms with Crippen LogP contribution < -0.4 is 10.2 Å². The smallest absolute Gasteiger partial charge is 0.335 e. The molecule has 3 aliphatic rings. The molecule has 4 amide bonds. The molecule has 5 rings (SSSR count). The van der Waals surface area contributed by atoms with Crippen LogP contribution in [-0.2, 0) is 9.59 Å². The van der Waals surface area contributed by atoms with E-state index in [0.29, 0.717) is 12.0 Å². The van der Waals surface area contributed by atoms with Crippen molar-refractivity contribution < 1.29 is 27.6 Å². The van der Waals surface area contributed by atoms with Crippen LogP contribution in [0.3, 0.4) is 0 Å². The first-order chi connectivity index (χ1) is 19.5. The van der Waals surface area contributed by atoms with Crippen molar-refractivity contribution in [2.24, 2.45) is 4.99 Å². The lowest BCUT2D eigenvalue weighted by molar-refractivity contribution is -0.146. The molecule has 0 radical (unpaired) electrons. The zero-order valence-electron chi connectivity index (χ0n) is 21.9. The number of alkyl halides is 3. The number of likely N-dealkylation sites (N-methyl/N-ethyl adjacent to an activating group) is 1. The molecule has 2 saturated heterocycles. The van der Waals surface area contributed by atoms with E-state index in [1.807, 2.05) is 0 Å². The third kappa shape index (κ3) is 5.08. The predicted molar refractivity (Wildman–Crippen MR) is 136 cm³/mol. The zero-order valence-corrected chi connectivity index (χ0v) is 21.9. The lowest BCUT2D eigenvalue weighted by Gasteiger charge is -2.41. The molecule has 5 heterocycles. The SMILES string of the molecule is C[C@@H](C(=O)Nc1ccnc(-c2cnc(N3CCC[C@@H]3C(F)(F)F)nc2)n1)N1C=NC2C1C(=O)N(CC#N)C(=O)N2C. The predicted octanol–water partition coefficient (Wildman–Crippen LogP) is 1.25. The minimum Gasteiger partial charge on any atom is -0.335 e. The van der Waals surface area contributed by atoms with E-state index in [1.165, 1.54) is 47.8 Å². The molecule has 0 bridgehead atoms. The molecule has 2 aromatic rings. The molecule has 41 heavy (non-hydrogen) atoms. The maximum Gasteiger partial charge on any atom is 0.408 e. The molecule has 17 heteroatoms. The second-order valence-electron chi connectivity index (χ2n) is 9.64. The van der Waals surface area contributed by atoms with Crippen molar-refractivity contribution >= 4 is 36.0 Å². The van der Waals surface area contributed by atoms with Crippen LogP contribution >= 0.6 is 0 Å². The maximum atomic E-state index is 13.3. The van der Waals surface area contributed by atoms with Gasteiger partial charge < -0.3 is 20.0 Å². The number of aromatic nitrogens is 4. The first kappa shape index (κ1) is 27.7. The van der Waals surface area contributed by atoms with E-state index < -0.39 is 54.9 Å². The molecule has 4 atom stereocenters. The number of carbonyl (C=O) groups is 3. The number of fused-ring (bicyclic) bond motifs is 1.